The molecule has 168 valence electrons. The Morgan fingerprint density at radius 3 is 1.37 bits per heavy atom. The Balaban J connectivity index is 1.64. The molecule has 0 aromatic heterocycles. The van der Waals surface area contributed by atoms with Gasteiger partial charge in [-0.3, -0.25) is 0 Å². The van der Waals surface area contributed by atoms with Crippen molar-refractivity contribution < 1.29 is 5.11 Å². The molecule has 35 heavy (non-hydrogen) atoms. The summed E-state index contributed by atoms with van der Waals surface area (Å²) in [4.78, 5) is 0. The number of rotatable bonds is 0. The highest BCUT2D eigenvalue weighted by Crippen LogP contribution is 2.31. The van der Waals surface area contributed by atoms with Gasteiger partial charge in [-0.1, -0.05) is 117 Å². The molecule has 5 aromatic rings. The second kappa shape index (κ2) is 9.06. The number of phenolic OH excluding ortho intramolecular Hbond substituents is 1. The molecule has 1 N–H and O–H groups in total. The zero-order chi connectivity index (χ0) is 24.4. The molecule has 0 atom stereocenters. The molecule has 0 aliphatic heterocycles. The molecule has 5 rings (SSSR count). The van der Waals surface area contributed by atoms with Crippen molar-refractivity contribution in [3.05, 3.63) is 125 Å². The van der Waals surface area contributed by atoms with E-state index in [9.17, 15) is 5.11 Å². The lowest BCUT2D eigenvalue weighted by Crippen LogP contribution is -2.11. The zero-order valence-electron chi connectivity index (χ0n) is 20.2. The van der Waals surface area contributed by atoms with Gasteiger partial charge >= 0.3 is 0 Å². The fourth-order valence-electron chi connectivity index (χ4n) is 4.20. The minimum atomic E-state index is -0.112. The number of fused-ring (bicyclic) bond motifs is 2. The maximum Gasteiger partial charge on any atom is 0.146 e. The second-order valence-corrected chi connectivity index (χ2v) is 9.72. The number of aromatic hydroxyl groups is 1. The van der Waals surface area contributed by atoms with E-state index in [1.807, 2.05) is 60.7 Å². The van der Waals surface area contributed by atoms with Gasteiger partial charge < -0.3 is 5.11 Å². The summed E-state index contributed by atoms with van der Waals surface area (Å²) in [7, 11) is 0. The summed E-state index contributed by atoms with van der Waals surface area (Å²) in [6.07, 6.45) is 0. The van der Waals surface area contributed by atoms with Crippen LogP contribution in [0.2, 0.25) is 0 Å². The van der Waals surface area contributed by atoms with Crippen LogP contribution in [0.15, 0.2) is 97.1 Å². The normalized spacial score (nSPS) is 10.9. The molecular weight excluding hydrogens is 424 g/mol. The summed E-state index contributed by atoms with van der Waals surface area (Å²) in [6, 6.07) is 32.6. The first-order valence-electron chi connectivity index (χ1n) is 11.8. The van der Waals surface area contributed by atoms with Crippen molar-refractivity contribution in [1.29, 1.82) is 0 Å². The third kappa shape index (κ3) is 4.63. The van der Waals surface area contributed by atoms with Crippen LogP contribution in [0, 0.1) is 23.7 Å². The van der Waals surface area contributed by atoms with Gasteiger partial charge in [0.1, 0.15) is 5.75 Å². The lowest BCUT2D eigenvalue weighted by atomic mass is 9.84. The third-order valence-electron chi connectivity index (χ3n) is 6.22. The van der Waals surface area contributed by atoms with E-state index in [-0.39, 0.29) is 11.2 Å². The fourth-order valence-corrected chi connectivity index (χ4v) is 4.20. The van der Waals surface area contributed by atoms with Gasteiger partial charge in [0.25, 0.3) is 0 Å². The number of phenols is 1. The van der Waals surface area contributed by atoms with Crippen molar-refractivity contribution in [1.82, 2.24) is 0 Å². The molecule has 0 amide bonds. The molecule has 0 heterocycles. The van der Waals surface area contributed by atoms with Gasteiger partial charge in [0.15, 0.2) is 0 Å². The molecule has 0 radical (unpaired) electrons. The molecule has 0 aliphatic rings. The Bertz CT molecular complexity index is 1560. The minimum absolute atomic E-state index is 0.112. The van der Waals surface area contributed by atoms with Crippen molar-refractivity contribution in [3.8, 4) is 29.4 Å². The number of hydrogen-bond donors (Lipinski definition) is 1. The Kier molecular flexibility index (Phi) is 5.78. The molecule has 0 bridgehead atoms. The van der Waals surface area contributed by atoms with Crippen LogP contribution in [0.1, 0.15) is 48.6 Å². The lowest BCUT2D eigenvalue weighted by Gasteiger charge is -2.20. The topological polar surface area (TPSA) is 20.2 Å². The van der Waals surface area contributed by atoms with Gasteiger partial charge in [0.2, 0.25) is 0 Å². The predicted molar refractivity (Wildman–Crippen MR) is 147 cm³/mol. The van der Waals surface area contributed by atoms with Gasteiger partial charge in [0, 0.05) is 11.1 Å². The smallest absolute Gasteiger partial charge is 0.146 e. The first-order chi connectivity index (χ1) is 16.9. The van der Waals surface area contributed by atoms with Gasteiger partial charge in [-0.05, 0) is 56.8 Å². The molecule has 1 heteroatoms. The summed E-state index contributed by atoms with van der Waals surface area (Å²) in [5, 5.41) is 15.7. The van der Waals surface area contributed by atoms with E-state index in [2.05, 4.69) is 80.9 Å². The Hall–Kier alpha value is -4.46. The van der Waals surface area contributed by atoms with Gasteiger partial charge in [0.05, 0.1) is 11.1 Å². The van der Waals surface area contributed by atoms with Crippen molar-refractivity contribution >= 4 is 21.5 Å². The molecule has 0 saturated heterocycles. The number of benzene rings is 5. The average molecular weight is 451 g/mol. The number of hydrogen-bond acceptors (Lipinski definition) is 1. The maximum atomic E-state index is 11.2. The van der Waals surface area contributed by atoms with Crippen LogP contribution in [-0.4, -0.2) is 5.11 Å². The van der Waals surface area contributed by atoms with E-state index in [0.29, 0.717) is 11.1 Å². The highest BCUT2D eigenvalue weighted by atomic mass is 16.3. The quantitative estimate of drug-likeness (QED) is 0.239. The molecule has 0 unspecified atom stereocenters. The Morgan fingerprint density at radius 2 is 0.914 bits per heavy atom. The predicted octanol–water partition coefficient (Wildman–Crippen LogP) is 7.80. The van der Waals surface area contributed by atoms with Crippen molar-refractivity contribution in [2.45, 2.75) is 26.2 Å². The molecule has 5 aromatic carbocycles. The van der Waals surface area contributed by atoms with E-state index < -0.39 is 0 Å². The summed E-state index contributed by atoms with van der Waals surface area (Å²) in [5.41, 5.74) is 4.03. The second-order valence-electron chi connectivity index (χ2n) is 9.72. The standard InChI is InChI=1S/C34H26O/c1-34(2,3)30-22-28(20-18-26-14-8-12-24-10-4-6-16-31(24)26)33(35)29(23-30)21-19-27-15-9-13-25-11-5-7-17-32(25)27/h4-17,22-23,35H,1-3H3. The van der Waals surface area contributed by atoms with Crippen LogP contribution in [0.4, 0.5) is 0 Å². The van der Waals surface area contributed by atoms with Crippen molar-refractivity contribution in [2.75, 3.05) is 0 Å². The van der Waals surface area contributed by atoms with E-state index in [4.69, 9.17) is 0 Å². The molecule has 1 nitrogen and oxygen atoms in total. The summed E-state index contributed by atoms with van der Waals surface area (Å²) in [5.74, 6) is 13.2. The average Bonchev–Trinajstić information content (AvgIpc) is 2.86. The summed E-state index contributed by atoms with van der Waals surface area (Å²) in [6.45, 7) is 6.47. The van der Waals surface area contributed by atoms with Crippen LogP contribution in [-0.2, 0) is 5.41 Å². The van der Waals surface area contributed by atoms with E-state index >= 15 is 0 Å². The monoisotopic (exact) mass is 450 g/mol. The largest absolute Gasteiger partial charge is 0.505 e. The SMILES string of the molecule is CC(C)(C)c1cc(C#Cc2cccc3ccccc23)c(O)c(C#Cc2cccc3ccccc23)c1. The Morgan fingerprint density at radius 1 is 0.514 bits per heavy atom. The van der Waals surface area contributed by atoms with Gasteiger partial charge in [-0.15, -0.1) is 0 Å². The molecule has 0 fully saturated rings. The first kappa shape index (κ1) is 22.3. The zero-order valence-corrected chi connectivity index (χ0v) is 20.2. The van der Waals surface area contributed by atoms with Crippen molar-refractivity contribution in [3.63, 3.8) is 0 Å². The minimum Gasteiger partial charge on any atom is -0.505 e. The van der Waals surface area contributed by atoms with Crippen molar-refractivity contribution in [2.24, 2.45) is 0 Å². The van der Waals surface area contributed by atoms with E-state index in [0.717, 1.165) is 38.2 Å². The molecule has 0 spiro atoms. The third-order valence-corrected chi connectivity index (χ3v) is 6.22. The van der Waals surface area contributed by atoms with E-state index in [1.54, 1.807) is 0 Å². The maximum absolute atomic E-state index is 11.2. The van der Waals surface area contributed by atoms with Crippen LogP contribution < -0.4 is 0 Å². The van der Waals surface area contributed by atoms with Crippen LogP contribution >= 0.6 is 0 Å². The van der Waals surface area contributed by atoms with E-state index in [1.165, 1.54) is 0 Å². The Labute approximate surface area is 207 Å². The van der Waals surface area contributed by atoms with Crippen LogP contribution in [0.25, 0.3) is 21.5 Å². The summed E-state index contributed by atoms with van der Waals surface area (Å²) < 4.78 is 0. The van der Waals surface area contributed by atoms with Crippen LogP contribution in [0.5, 0.6) is 5.75 Å². The molecule has 0 saturated carbocycles. The fraction of sp³-hybridized carbons (Fsp3) is 0.118. The van der Waals surface area contributed by atoms with Gasteiger partial charge in [-0.25, -0.2) is 0 Å². The molecule has 0 aliphatic carbocycles. The van der Waals surface area contributed by atoms with Crippen LogP contribution in [0.3, 0.4) is 0 Å². The molecular formula is C34H26O. The van der Waals surface area contributed by atoms with Gasteiger partial charge in [-0.2, -0.15) is 0 Å². The highest BCUT2D eigenvalue weighted by Gasteiger charge is 2.18. The lowest BCUT2D eigenvalue weighted by molar-refractivity contribution is 0.470. The first-order valence-corrected chi connectivity index (χ1v) is 11.8. The summed E-state index contributed by atoms with van der Waals surface area (Å²) >= 11 is 0. The highest BCUT2D eigenvalue weighted by molar-refractivity contribution is 5.89.